The van der Waals surface area contributed by atoms with Gasteiger partial charge in [-0.1, -0.05) is 0 Å². The smallest absolute Gasteiger partial charge is 0.0287 e. The first kappa shape index (κ1) is 7.03. The lowest BCUT2D eigenvalue weighted by Gasteiger charge is -2.35. The maximum atomic E-state index is 4.35. The van der Waals surface area contributed by atoms with Crippen molar-refractivity contribution in [1.29, 1.82) is 0 Å². The van der Waals surface area contributed by atoms with Gasteiger partial charge in [-0.25, -0.2) is 5.32 Å². The van der Waals surface area contributed by atoms with Crippen LogP contribution in [-0.4, -0.2) is 37.1 Å². The quantitative estimate of drug-likeness (QED) is 0.458. The maximum Gasteiger partial charge on any atom is 0.0287 e. The van der Waals surface area contributed by atoms with Gasteiger partial charge in [0.2, 0.25) is 0 Å². The van der Waals surface area contributed by atoms with Crippen molar-refractivity contribution in [3.63, 3.8) is 0 Å². The summed E-state index contributed by atoms with van der Waals surface area (Å²) in [6, 6.07) is 1.29. The molecule has 0 N–H and O–H groups in total. The Bertz CT molecular complexity index is 82.9. The molecule has 9 heavy (non-hydrogen) atoms. The molecule has 0 bridgehead atoms. The molecule has 1 fully saturated rings. The fourth-order valence-electron chi connectivity index (χ4n) is 1.14. The van der Waals surface area contributed by atoms with Crippen molar-refractivity contribution in [3.8, 4) is 0 Å². The third-order valence-corrected chi connectivity index (χ3v) is 2.18. The van der Waals surface area contributed by atoms with Gasteiger partial charge in [0.15, 0.2) is 0 Å². The molecule has 0 saturated carbocycles. The molecule has 1 saturated heterocycles. The van der Waals surface area contributed by atoms with E-state index in [0.29, 0.717) is 12.1 Å². The van der Waals surface area contributed by atoms with Crippen molar-refractivity contribution in [2.45, 2.75) is 25.9 Å². The summed E-state index contributed by atoms with van der Waals surface area (Å²) in [7, 11) is 2.17. The zero-order chi connectivity index (χ0) is 6.85. The molecule has 2 heteroatoms. The number of piperazine rings is 1. The van der Waals surface area contributed by atoms with E-state index in [1.807, 2.05) is 0 Å². The average Bonchev–Trinajstić information content (AvgIpc) is 1.83. The fraction of sp³-hybridized carbons (Fsp3) is 1.00. The Morgan fingerprint density at radius 1 is 1.22 bits per heavy atom. The average molecular weight is 127 g/mol. The number of likely N-dealkylation sites (N-methyl/N-ethyl adjacent to an activating group) is 1. The molecular formula is C7H15N2. The number of rotatable bonds is 0. The molecule has 0 aromatic carbocycles. The minimum Gasteiger partial charge on any atom is -0.298 e. The van der Waals surface area contributed by atoms with Crippen LogP contribution in [0.1, 0.15) is 13.8 Å². The van der Waals surface area contributed by atoms with Crippen molar-refractivity contribution < 1.29 is 0 Å². The number of hydrogen-bond acceptors (Lipinski definition) is 1. The van der Waals surface area contributed by atoms with Gasteiger partial charge in [0.1, 0.15) is 0 Å². The number of hydrogen-bond donors (Lipinski definition) is 0. The molecule has 1 aliphatic rings. The highest BCUT2D eigenvalue weighted by molar-refractivity contribution is 4.78. The lowest BCUT2D eigenvalue weighted by molar-refractivity contribution is 0.150. The molecule has 0 aromatic heterocycles. The molecule has 0 amide bonds. The molecule has 1 heterocycles. The van der Waals surface area contributed by atoms with Crippen LogP contribution in [0.4, 0.5) is 0 Å². The molecule has 0 aromatic rings. The molecular weight excluding hydrogens is 112 g/mol. The topological polar surface area (TPSA) is 17.3 Å². The Morgan fingerprint density at radius 3 is 2.00 bits per heavy atom. The third-order valence-electron chi connectivity index (χ3n) is 2.18. The summed E-state index contributed by atoms with van der Waals surface area (Å²) in [5.74, 6) is 0. The SMILES string of the molecule is C[C@@H]1C[N]C[C@H](C)N1C. The highest BCUT2D eigenvalue weighted by atomic mass is 15.2. The van der Waals surface area contributed by atoms with Crippen LogP contribution >= 0.6 is 0 Å². The summed E-state index contributed by atoms with van der Waals surface area (Å²) < 4.78 is 0. The first-order chi connectivity index (χ1) is 4.22. The Kier molecular flexibility index (Phi) is 2.09. The second-order valence-electron chi connectivity index (χ2n) is 2.95. The first-order valence-corrected chi connectivity index (χ1v) is 3.57. The van der Waals surface area contributed by atoms with Crippen LogP contribution in [-0.2, 0) is 0 Å². The molecule has 1 radical (unpaired) electrons. The van der Waals surface area contributed by atoms with Crippen LogP contribution in [0, 0.1) is 0 Å². The monoisotopic (exact) mass is 127 g/mol. The summed E-state index contributed by atoms with van der Waals surface area (Å²) in [5, 5.41) is 4.35. The minimum absolute atomic E-state index is 0.647. The van der Waals surface area contributed by atoms with Gasteiger partial charge in [0.05, 0.1) is 0 Å². The molecule has 53 valence electrons. The van der Waals surface area contributed by atoms with E-state index >= 15 is 0 Å². The van der Waals surface area contributed by atoms with Crippen molar-refractivity contribution in [1.82, 2.24) is 10.2 Å². The van der Waals surface area contributed by atoms with E-state index < -0.39 is 0 Å². The van der Waals surface area contributed by atoms with E-state index in [-0.39, 0.29) is 0 Å². The normalized spacial score (nSPS) is 39.0. The molecule has 1 aliphatic heterocycles. The van der Waals surface area contributed by atoms with Crippen molar-refractivity contribution >= 4 is 0 Å². The summed E-state index contributed by atoms with van der Waals surface area (Å²) in [5.41, 5.74) is 0. The van der Waals surface area contributed by atoms with Crippen molar-refractivity contribution in [2.75, 3.05) is 20.1 Å². The maximum absolute atomic E-state index is 4.35. The predicted octanol–water partition coefficient (Wildman–Crippen LogP) is 0.313. The highest BCUT2D eigenvalue weighted by Gasteiger charge is 2.20. The van der Waals surface area contributed by atoms with Gasteiger partial charge in [0, 0.05) is 25.2 Å². The second-order valence-corrected chi connectivity index (χ2v) is 2.95. The molecule has 0 aliphatic carbocycles. The van der Waals surface area contributed by atoms with E-state index in [4.69, 9.17) is 0 Å². The summed E-state index contributed by atoms with van der Waals surface area (Å²) in [6.07, 6.45) is 0. The standard InChI is InChI=1S/C7H15N2/c1-6-4-8-5-7(2)9(6)3/h6-7H,4-5H2,1-3H3/t6-,7+. The Morgan fingerprint density at radius 2 is 1.67 bits per heavy atom. The molecule has 0 spiro atoms. The first-order valence-electron chi connectivity index (χ1n) is 3.57. The fourth-order valence-corrected chi connectivity index (χ4v) is 1.14. The largest absolute Gasteiger partial charge is 0.298 e. The third kappa shape index (κ3) is 1.43. The lowest BCUT2D eigenvalue weighted by Crippen LogP contribution is -2.50. The van der Waals surface area contributed by atoms with Gasteiger partial charge >= 0.3 is 0 Å². The van der Waals surface area contributed by atoms with Crippen LogP contribution in [0.3, 0.4) is 0 Å². The molecule has 1 rings (SSSR count). The van der Waals surface area contributed by atoms with Crippen LogP contribution in [0.2, 0.25) is 0 Å². The summed E-state index contributed by atoms with van der Waals surface area (Å²) in [4.78, 5) is 2.38. The Hall–Kier alpha value is -0.0800. The van der Waals surface area contributed by atoms with Crippen LogP contribution in [0.25, 0.3) is 0 Å². The molecule has 2 nitrogen and oxygen atoms in total. The Balaban J connectivity index is 2.41. The highest BCUT2D eigenvalue weighted by Crippen LogP contribution is 2.05. The van der Waals surface area contributed by atoms with E-state index in [1.54, 1.807) is 0 Å². The zero-order valence-electron chi connectivity index (χ0n) is 6.46. The zero-order valence-corrected chi connectivity index (χ0v) is 6.46. The number of nitrogens with zero attached hydrogens (tertiary/aromatic N) is 2. The van der Waals surface area contributed by atoms with Gasteiger partial charge in [-0.3, -0.25) is 4.90 Å². The van der Waals surface area contributed by atoms with E-state index in [2.05, 4.69) is 31.1 Å². The van der Waals surface area contributed by atoms with Crippen LogP contribution in [0.5, 0.6) is 0 Å². The minimum atomic E-state index is 0.647. The molecule has 2 atom stereocenters. The summed E-state index contributed by atoms with van der Waals surface area (Å²) >= 11 is 0. The lowest BCUT2D eigenvalue weighted by atomic mass is 10.1. The predicted molar refractivity (Wildman–Crippen MR) is 38.6 cm³/mol. The van der Waals surface area contributed by atoms with Gasteiger partial charge in [-0.2, -0.15) is 0 Å². The van der Waals surface area contributed by atoms with Crippen LogP contribution in [0.15, 0.2) is 0 Å². The second kappa shape index (κ2) is 2.67. The molecule has 0 unspecified atom stereocenters. The van der Waals surface area contributed by atoms with Gasteiger partial charge in [-0.15, -0.1) is 0 Å². The van der Waals surface area contributed by atoms with Gasteiger partial charge < -0.3 is 0 Å². The van der Waals surface area contributed by atoms with Gasteiger partial charge in [0.25, 0.3) is 0 Å². The Labute approximate surface area is 57.2 Å². The van der Waals surface area contributed by atoms with E-state index in [9.17, 15) is 0 Å². The van der Waals surface area contributed by atoms with Crippen LogP contribution < -0.4 is 5.32 Å². The summed E-state index contributed by atoms with van der Waals surface area (Å²) in [6.45, 7) is 6.47. The van der Waals surface area contributed by atoms with Crippen molar-refractivity contribution in [2.24, 2.45) is 0 Å². The van der Waals surface area contributed by atoms with E-state index in [1.165, 1.54) is 0 Å². The van der Waals surface area contributed by atoms with E-state index in [0.717, 1.165) is 13.1 Å². The van der Waals surface area contributed by atoms with Gasteiger partial charge in [-0.05, 0) is 20.9 Å². The van der Waals surface area contributed by atoms with Crippen molar-refractivity contribution in [3.05, 3.63) is 0 Å².